The summed E-state index contributed by atoms with van der Waals surface area (Å²) in [5, 5.41) is 24.4. The van der Waals surface area contributed by atoms with Gasteiger partial charge in [-0.2, -0.15) is 0 Å². The summed E-state index contributed by atoms with van der Waals surface area (Å²) in [5.74, 6) is -0.390. The number of hydrogen-bond donors (Lipinski definition) is 1. The van der Waals surface area contributed by atoms with Crippen molar-refractivity contribution in [2.24, 2.45) is 5.92 Å². The molecule has 0 bridgehead atoms. The molecule has 1 atom stereocenters. The number of non-ortho nitro benzene ring substituents is 2. The van der Waals surface area contributed by atoms with E-state index < -0.39 is 33.0 Å². The van der Waals surface area contributed by atoms with Crippen molar-refractivity contribution < 1.29 is 14.6 Å². The van der Waals surface area contributed by atoms with Gasteiger partial charge in [-0.1, -0.05) is 38.1 Å². The molecular weight excluding hydrogens is 350 g/mol. The van der Waals surface area contributed by atoms with Gasteiger partial charge < -0.3 is 5.32 Å². The van der Waals surface area contributed by atoms with E-state index in [1.165, 1.54) is 5.56 Å². The number of benzene rings is 2. The van der Waals surface area contributed by atoms with Gasteiger partial charge >= 0.3 is 0 Å². The Hall–Kier alpha value is -3.29. The Labute approximate surface area is 156 Å². The molecule has 0 saturated heterocycles. The molecule has 27 heavy (non-hydrogen) atoms. The van der Waals surface area contributed by atoms with Gasteiger partial charge in [-0.3, -0.25) is 25.0 Å². The lowest BCUT2D eigenvalue weighted by molar-refractivity contribution is -0.394. The molecule has 0 aliphatic heterocycles. The molecule has 0 saturated carbocycles. The molecule has 0 radical (unpaired) electrons. The van der Waals surface area contributed by atoms with E-state index >= 15 is 0 Å². The summed E-state index contributed by atoms with van der Waals surface area (Å²) < 4.78 is 0. The number of nitrogens with zero attached hydrogens (tertiary/aromatic N) is 2. The van der Waals surface area contributed by atoms with Crippen LogP contribution >= 0.6 is 0 Å². The molecule has 0 spiro atoms. The maximum absolute atomic E-state index is 12.5. The van der Waals surface area contributed by atoms with Crippen LogP contribution in [0, 0.1) is 26.1 Å². The lowest BCUT2D eigenvalue weighted by Crippen LogP contribution is -2.19. The van der Waals surface area contributed by atoms with Crippen LogP contribution < -0.4 is 5.32 Å². The SMILES string of the molecule is CC(C)Cc1ccc([C@H](C)C(=O)Nc2cc([N+](=O)[O-])cc([N+](=O)[O-])c2)cc1. The van der Waals surface area contributed by atoms with E-state index in [2.05, 4.69) is 19.2 Å². The lowest BCUT2D eigenvalue weighted by Gasteiger charge is -2.13. The normalized spacial score (nSPS) is 11.9. The fraction of sp³-hybridized carbons (Fsp3) is 0.316. The molecule has 8 nitrogen and oxygen atoms in total. The van der Waals surface area contributed by atoms with Crippen LogP contribution in [0.2, 0.25) is 0 Å². The lowest BCUT2D eigenvalue weighted by atomic mass is 9.96. The fourth-order valence-corrected chi connectivity index (χ4v) is 2.69. The first-order chi connectivity index (χ1) is 12.7. The van der Waals surface area contributed by atoms with Crippen molar-refractivity contribution in [2.75, 3.05) is 5.32 Å². The molecule has 0 unspecified atom stereocenters. The van der Waals surface area contributed by atoms with Gasteiger partial charge in [0.15, 0.2) is 0 Å². The Morgan fingerprint density at radius 1 is 0.963 bits per heavy atom. The molecule has 0 aromatic heterocycles. The number of amides is 1. The van der Waals surface area contributed by atoms with Crippen molar-refractivity contribution in [3.8, 4) is 0 Å². The highest BCUT2D eigenvalue weighted by Gasteiger charge is 2.20. The molecule has 142 valence electrons. The largest absolute Gasteiger partial charge is 0.325 e. The van der Waals surface area contributed by atoms with Crippen LogP contribution in [-0.4, -0.2) is 15.8 Å². The zero-order chi connectivity index (χ0) is 20.1. The average Bonchev–Trinajstić information content (AvgIpc) is 2.60. The molecule has 0 fully saturated rings. The van der Waals surface area contributed by atoms with Crippen molar-refractivity contribution in [1.82, 2.24) is 0 Å². The van der Waals surface area contributed by atoms with Gasteiger partial charge in [0, 0.05) is 12.1 Å². The first kappa shape index (κ1) is 20.0. The van der Waals surface area contributed by atoms with Crippen molar-refractivity contribution in [3.63, 3.8) is 0 Å². The Morgan fingerprint density at radius 2 is 1.48 bits per heavy atom. The maximum Gasteiger partial charge on any atom is 0.278 e. The number of anilines is 1. The first-order valence-corrected chi connectivity index (χ1v) is 8.51. The van der Waals surface area contributed by atoms with Crippen molar-refractivity contribution in [2.45, 2.75) is 33.1 Å². The zero-order valence-electron chi connectivity index (χ0n) is 15.3. The molecule has 8 heteroatoms. The predicted octanol–water partition coefficient (Wildman–Crippen LogP) is 4.44. The third-order valence-corrected chi connectivity index (χ3v) is 4.11. The van der Waals surface area contributed by atoms with Crippen molar-refractivity contribution >= 4 is 23.0 Å². The molecule has 0 aliphatic carbocycles. The molecule has 0 aliphatic rings. The van der Waals surface area contributed by atoms with Crippen LogP contribution in [0.15, 0.2) is 42.5 Å². The van der Waals surface area contributed by atoms with Gasteiger partial charge in [0.1, 0.15) is 0 Å². The van der Waals surface area contributed by atoms with E-state index in [1.54, 1.807) is 6.92 Å². The van der Waals surface area contributed by atoms with E-state index in [0.29, 0.717) is 5.92 Å². The topological polar surface area (TPSA) is 115 Å². The van der Waals surface area contributed by atoms with Gasteiger partial charge in [0.25, 0.3) is 11.4 Å². The molecule has 2 aromatic rings. The standard InChI is InChI=1S/C19H21N3O5/c1-12(2)8-14-4-6-15(7-5-14)13(3)19(23)20-16-9-17(21(24)25)11-18(10-16)22(26)27/h4-7,9-13H,8H2,1-3H3,(H,20,23)/t13-/m0/s1. The summed E-state index contributed by atoms with van der Waals surface area (Å²) in [4.78, 5) is 32.9. The molecule has 2 aromatic carbocycles. The van der Waals surface area contributed by atoms with Gasteiger partial charge in [-0.15, -0.1) is 0 Å². The molecule has 1 N–H and O–H groups in total. The smallest absolute Gasteiger partial charge is 0.278 e. The maximum atomic E-state index is 12.5. The Bertz CT molecular complexity index is 830. The Kier molecular flexibility index (Phi) is 6.23. The van der Waals surface area contributed by atoms with Crippen molar-refractivity contribution in [3.05, 3.63) is 73.8 Å². The fourth-order valence-electron chi connectivity index (χ4n) is 2.69. The van der Waals surface area contributed by atoms with Crippen LogP contribution in [0.5, 0.6) is 0 Å². The Morgan fingerprint density at radius 3 is 1.93 bits per heavy atom. The van der Waals surface area contributed by atoms with Crippen LogP contribution in [0.4, 0.5) is 17.1 Å². The van der Waals surface area contributed by atoms with E-state index in [9.17, 15) is 25.0 Å². The van der Waals surface area contributed by atoms with Crippen LogP contribution in [-0.2, 0) is 11.2 Å². The second kappa shape index (κ2) is 8.39. The summed E-state index contributed by atoms with van der Waals surface area (Å²) in [7, 11) is 0. The van der Waals surface area contributed by atoms with Gasteiger partial charge in [-0.25, -0.2) is 0 Å². The summed E-state index contributed by atoms with van der Waals surface area (Å²) in [6, 6.07) is 10.7. The van der Waals surface area contributed by atoms with E-state index in [0.717, 1.165) is 30.2 Å². The van der Waals surface area contributed by atoms with Crippen molar-refractivity contribution in [1.29, 1.82) is 0 Å². The van der Waals surface area contributed by atoms with Gasteiger partial charge in [-0.05, 0) is 30.4 Å². The number of carbonyl (C=O) groups is 1. The number of nitrogens with one attached hydrogen (secondary N) is 1. The molecule has 0 heterocycles. The highest BCUT2D eigenvalue weighted by atomic mass is 16.6. The minimum atomic E-state index is -0.737. The van der Waals surface area contributed by atoms with Crippen LogP contribution in [0.25, 0.3) is 0 Å². The number of carbonyl (C=O) groups excluding carboxylic acids is 1. The second-order valence-corrected chi connectivity index (χ2v) is 6.80. The molecule has 1 amide bonds. The second-order valence-electron chi connectivity index (χ2n) is 6.80. The monoisotopic (exact) mass is 371 g/mol. The quantitative estimate of drug-likeness (QED) is 0.570. The zero-order valence-corrected chi connectivity index (χ0v) is 15.3. The number of nitro benzene ring substituents is 2. The number of rotatable bonds is 7. The third-order valence-electron chi connectivity index (χ3n) is 4.11. The van der Waals surface area contributed by atoms with Crippen LogP contribution in [0.1, 0.15) is 37.8 Å². The van der Waals surface area contributed by atoms with Crippen LogP contribution in [0.3, 0.4) is 0 Å². The minimum Gasteiger partial charge on any atom is -0.325 e. The number of nitro groups is 2. The average molecular weight is 371 g/mol. The third kappa shape index (κ3) is 5.34. The molecule has 2 rings (SSSR count). The highest BCUT2D eigenvalue weighted by Crippen LogP contribution is 2.27. The highest BCUT2D eigenvalue weighted by molar-refractivity contribution is 5.96. The summed E-state index contributed by atoms with van der Waals surface area (Å²) >= 11 is 0. The van der Waals surface area contributed by atoms with E-state index in [4.69, 9.17) is 0 Å². The minimum absolute atomic E-state index is 0.0178. The Balaban J connectivity index is 2.18. The number of hydrogen-bond acceptors (Lipinski definition) is 5. The van der Waals surface area contributed by atoms with E-state index in [-0.39, 0.29) is 5.69 Å². The first-order valence-electron chi connectivity index (χ1n) is 8.51. The molecular formula is C19H21N3O5. The summed E-state index contributed by atoms with van der Waals surface area (Å²) in [6.45, 7) is 5.96. The predicted molar refractivity (Wildman–Crippen MR) is 102 cm³/mol. The van der Waals surface area contributed by atoms with E-state index in [1.807, 2.05) is 24.3 Å². The summed E-state index contributed by atoms with van der Waals surface area (Å²) in [6.07, 6.45) is 0.943. The van der Waals surface area contributed by atoms with Gasteiger partial charge in [0.2, 0.25) is 5.91 Å². The summed E-state index contributed by atoms with van der Waals surface area (Å²) in [5.41, 5.74) is 1.08. The van der Waals surface area contributed by atoms with Gasteiger partial charge in [0.05, 0.1) is 27.5 Å².